The molecule has 3 aromatic rings. The van der Waals surface area contributed by atoms with Crippen LogP contribution in [0.2, 0.25) is 0 Å². The van der Waals surface area contributed by atoms with Crippen molar-refractivity contribution in [1.82, 2.24) is 19.7 Å². The Balaban J connectivity index is 1.55. The molecule has 6 nitrogen and oxygen atoms in total. The highest BCUT2D eigenvalue weighted by atomic mass is 32.2. The zero-order valence-electron chi connectivity index (χ0n) is 14.9. The van der Waals surface area contributed by atoms with Crippen molar-refractivity contribution in [2.75, 3.05) is 11.1 Å². The Bertz CT molecular complexity index is 912. The molecule has 0 aliphatic heterocycles. The molecule has 1 amide bonds. The second-order valence-corrected chi connectivity index (χ2v) is 8.41. The highest BCUT2D eigenvalue weighted by Gasteiger charge is 2.14. The Hall–Kier alpha value is -2.17. The SMILES string of the molecule is C=CCn1c(CSCc2ccc(F)cc2)nnc1SCC(=O)Nc1nccs1. The summed E-state index contributed by atoms with van der Waals surface area (Å²) < 4.78 is 14.9. The van der Waals surface area contributed by atoms with E-state index in [-0.39, 0.29) is 17.5 Å². The third kappa shape index (κ3) is 5.91. The number of hydrogen-bond acceptors (Lipinski definition) is 7. The van der Waals surface area contributed by atoms with Gasteiger partial charge in [-0.1, -0.05) is 30.0 Å². The average molecular weight is 436 g/mol. The van der Waals surface area contributed by atoms with Gasteiger partial charge in [-0.3, -0.25) is 4.79 Å². The molecule has 0 spiro atoms. The van der Waals surface area contributed by atoms with E-state index in [1.54, 1.807) is 41.5 Å². The number of nitrogens with zero attached hydrogens (tertiary/aromatic N) is 4. The molecular formula is C18H18FN5OS3. The van der Waals surface area contributed by atoms with Crippen LogP contribution in [-0.4, -0.2) is 31.4 Å². The van der Waals surface area contributed by atoms with Crippen LogP contribution in [0.15, 0.2) is 53.7 Å². The minimum Gasteiger partial charge on any atom is -0.301 e. The zero-order chi connectivity index (χ0) is 19.8. The summed E-state index contributed by atoms with van der Waals surface area (Å²) in [6.45, 7) is 4.35. The van der Waals surface area contributed by atoms with Gasteiger partial charge in [-0.25, -0.2) is 9.37 Å². The Morgan fingerprint density at radius 3 is 2.82 bits per heavy atom. The maximum absolute atomic E-state index is 13.0. The van der Waals surface area contributed by atoms with Crippen LogP contribution in [-0.2, 0) is 22.8 Å². The first-order chi connectivity index (χ1) is 13.7. The molecule has 2 aromatic heterocycles. The molecule has 146 valence electrons. The molecule has 0 unspecified atom stereocenters. The number of aromatic nitrogens is 4. The van der Waals surface area contributed by atoms with Crippen LogP contribution in [0.5, 0.6) is 0 Å². The van der Waals surface area contributed by atoms with Crippen LogP contribution < -0.4 is 5.32 Å². The second-order valence-electron chi connectivity index (χ2n) is 5.59. The maximum atomic E-state index is 13.0. The molecular weight excluding hydrogens is 417 g/mol. The normalized spacial score (nSPS) is 10.8. The lowest BCUT2D eigenvalue weighted by atomic mass is 10.2. The number of thiazole rings is 1. The topological polar surface area (TPSA) is 72.7 Å². The summed E-state index contributed by atoms with van der Waals surface area (Å²) >= 11 is 4.37. The largest absolute Gasteiger partial charge is 0.301 e. The molecule has 0 radical (unpaired) electrons. The van der Waals surface area contributed by atoms with Crippen LogP contribution in [0.3, 0.4) is 0 Å². The van der Waals surface area contributed by atoms with Gasteiger partial charge >= 0.3 is 0 Å². The summed E-state index contributed by atoms with van der Waals surface area (Å²) in [6.07, 6.45) is 3.42. The van der Waals surface area contributed by atoms with Crippen LogP contribution in [0.1, 0.15) is 11.4 Å². The number of hydrogen-bond donors (Lipinski definition) is 1. The highest BCUT2D eigenvalue weighted by Crippen LogP contribution is 2.22. The van der Waals surface area contributed by atoms with Crippen LogP contribution in [0.25, 0.3) is 0 Å². The lowest BCUT2D eigenvalue weighted by molar-refractivity contribution is -0.113. The third-order valence-electron chi connectivity index (χ3n) is 3.53. The molecule has 1 N–H and O–H groups in total. The monoisotopic (exact) mass is 435 g/mol. The Morgan fingerprint density at radius 2 is 2.11 bits per heavy atom. The Labute approximate surface area is 174 Å². The molecule has 0 saturated carbocycles. The summed E-state index contributed by atoms with van der Waals surface area (Å²) in [5.74, 6) is 2.07. The predicted molar refractivity (Wildman–Crippen MR) is 113 cm³/mol. The molecule has 10 heteroatoms. The van der Waals surface area contributed by atoms with Crippen LogP contribution in [0, 0.1) is 5.82 Å². The number of rotatable bonds is 10. The molecule has 3 rings (SSSR count). The van der Waals surface area contributed by atoms with Crippen molar-refractivity contribution in [3.8, 4) is 0 Å². The van der Waals surface area contributed by atoms with Gasteiger partial charge in [0.05, 0.1) is 11.5 Å². The standard InChI is InChI=1S/C18H18FN5OS3/c1-2-8-24-15(11-26-10-13-3-5-14(19)6-4-13)22-23-18(24)28-12-16(25)21-17-20-7-9-27-17/h2-7,9H,1,8,10-12H2,(H,20,21,25). The first-order valence-electron chi connectivity index (χ1n) is 8.33. The number of anilines is 1. The summed E-state index contributed by atoms with van der Waals surface area (Å²) in [6, 6.07) is 6.47. The number of halogens is 1. The van der Waals surface area contributed by atoms with E-state index in [1.807, 2.05) is 4.57 Å². The average Bonchev–Trinajstić information content (AvgIpc) is 3.33. The summed E-state index contributed by atoms with van der Waals surface area (Å²) in [5, 5.41) is 14.3. The van der Waals surface area contributed by atoms with Gasteiger partial charge in [0.15, 0.2) is 10.3 Å². The maximum Gasteiger partial charge on any atom is 0.236 e. The smallest absolute Gasteiger partial charge is 0.236 e. The van der Waals surface area contributed by atoms with E-state index in [2.05, 4.69) is 27.1 Å². The fourth-order valence-corrected chi connectivity index (χ4v) is 4.49. The predicted octanol–water partition coefficient (Wildman–Crippen LogP) is 4.22. The van der Waals surface area contributed by atoms with Gasteiger partial charge in [0, 0.05) is 23.9 Å². The van der Waals surface area contributed by atoms with Crippen molar-refractivity contribution in [3.63, 3.8) is 0 Å². The summed E-state index contributed by atoms with van der Waals surface area (Å²) in [7, 11) is 0. The van der Waals surface area contributed by atoms with Gasteiger partial charge in [0.2, 0.25) is 5.91 Å². The first-order valence-corrected chi connectivity index (χ1v) is 11.3. The molecule has 0 saturated heterocycles. The zero-order valence-corrected chi connectivity index (χ0v) is 17.3. The summed E-state index contributed by atoms with van der Waals surface area (Å²) in [4.78, 5) is 16.1. The first kappa shape index (κ1) is 20.6. The van der Waals surface area contributed by atoms with Gasteiger partial charge < -0.3 is 9.88 Å². The fraction of sp³-hybridized carbons (Fsp3) is 0.222. The van der Waals surface area contributed by atoms with Crippen LogP contribution >= 0.6 is 34.9 Å². The number of thioether (sulfide) groups is 2. The molecule has 0 aliphatic rings. The molecule has 1 aromatic carbocycles. The number of carbonyl (C=O) groups is 1. The molecule has 0 bridgehead atoms. The minimum absolute atomic E-state index is 0.139. The van der Waals surface area contributed by atoms with E-state index in [9.17, 15) is 9.18 Å². The van der Waals surface area contributed by atoms with E-state index in [4.69, 9.17) is 0 Å². The molecule has 2 heterocycles. The number of allylic oxidation sites excluding steroid dienone is 1. The molecule has 0 atom stereocenters. The summed E-state index contributed by atoms with van der Waals surface area (Å²) in [5.41, 5.74) is 1.05. The second kappa shape index (κ2) is 10.4. The van der Waals surface area contributed by atoms with Gasteiger partial charge in [-0.05, 0) is 17.7 Å². The quantitative estimate of drug-likeness (QED) is 0.380. The van der Waals surface area contributed by atoms with Gasteiger partial charge in [-0.15, -0.1) is 39.9 Å². The number of amides is 1. The van der Waals surface area contributed by atoms with Gasteiger partial charge in [-0.2, -0.15) is 0 Å². The molecule has 0 aliphatic carbocycles. The van der Waals surface area contributed by atoms with Crippen molar-refractivity contribution in [2.45, 2.75) is 23.2 Å². The minimum atomic E-state index is -0.236. The van der Waals surface area contributed by atoms with Crippen LogP contribution in [0.4, 0.5) is 9.52 Å². The van der Waals surface area contributed by atoms with E-state index >= 15 is 0 Å². The lowest BCUT2D eigenvalue weighted by Crippen LogP contribution is -2.14. The third-order valence-corrected chi connectivity index (χ3v) is 6.18. The van der Waals surface area contributed by atoms with Crippen molar-refractivity contribution < 1.29 is 9.18 Å². The van der Waals surface area contributed by atoms with Gasteiger partial charge in [0.1, 0.15) is 11.6 Å². The highest BCUT2D eigenvalue weighted by molar-refractivity contribution is 7.99. The van der Waals surface area contributed by atoms with E-state index < -0.39 is 0 Å². The molecule has 0 fully saturated rings. The Morgan fingerprint density at radius 1 is 1.29 bits per heavy atom. The molecule has 28 heavy (non-hydrogen) atoms. The van der Waals surface area contributed by atoms with Crippen molar-refractivity contribution >= 4 is 45.9 Å². The Kier molecular flexibility index (Phi) is 7.63. The van der Waals surface area contributed by atoms with E-state index in [0.29, 0.717) is 22.6 Å². The van der Waals surface area contributed by atoms with Gasteiger partial charge in [0.25, 0.3) is 0 Å². The number of nitrogens with one attached hydrogen (secondary N) is 1. The van der Waals surface area contributed by atoms with E-state index in [0.717, 1.165) is 17.1 Å². The lowest BCUT2D eigenvalue weighted by Gasteiger charge is -2.07. The number of carbonyl (C=O) groups excluding carboxylic acids is 1. The van der Waals surface area contributed by atoms with Crippen molar-refractivity contribution in [1.29, 1.82) is 0 Å². The fourth-order valence-electron chi connectivity index (χ4n) is 2.26. The van der Waals surface area contributed by atoms with Crippen molar-refractivity contribution in [3.05, 3.63) is 65.7 Å². The number of benzene rings is 1. The van der Waals surface area contributed by atoms with Crippen molar-refractivity contribution in [2.24, 2.45) is 0 Å². The van der Waals surface area contributed by atoms with E-state index in [1.165, 1.54) is 35.2 Å².